The molecule has 5 atom stereocenters. The van der Waals surface area contributed by atoms with Crippen LogP contribution in [0.4, 0.5) is 13.2 Å². The van der Waals surface area contributed by atoms with Crippen molar-refractivity contribution in [3.05, 3.63) is 46.6 Å². The van der Waals surface area contributed by atoms with Crippen LogP contribution in [0.25, 0.3) is 0 Å². The molecule has 3 rings (SSSR count). The van der Waals surface area contributed by atoms with Crippen LogP contribution < -0.4 is 4.74 Å². The zero-order valence-corrected chi connectivity index (χ0v) is 16.0. The molecule has 0 spiro atoms. The molecule has 0 amide bonds. The Bertz CT molecular complexity index is 840. The van der Waals surface area contributed by atoms with Crippen LogP contribution in [0.15, 0.2) is 24.3 Å². The summed E-state index contributed by atoms with van der Waals surface area (Å²) in [6.45, 7) is 1.26. The molecular formula is C19H23F3N2O6. The first-order chi connectivity index (χ1) is 14.2. The third-order valence-electron chi connectivity index (χ3n) is 5.00. The van der Waals surface area contributed by atoms with Crippen molar-refractivity contribution in [2.24, 2.45) is 0 Å². The number of nitrogens with zero attached hydrogens (tertiary/aromatic N) is 1. The van der Waals surface area contributed by atoms with Gasteiger partial charge in [-0.1, -0.05) is 31.2 Å². The molecule has 2 aromatic rings. The molecule has 0 bridgehead atoms. The van der Waals surface area contributed by atoms with Crippen molar-refractivity contribution in [2.75, 3.05) is 6.61 Å². The minimum Gasteiger partial charge on any atom is -0.443 e. The fourth-order valence-electron chi connectivity index (χ4n) is 3.22. The minimum atomic E-state index is -4.73. The Morgan fingerprint density at radius 1 is 1.07 bits per heavy atom. The van der Waals surface area contributed by atoms with Crippen molar-refractivity contribution in [2.45, 2.75) is 56.6 Å². The molecule has 0 saturated carbocycles. The maximum absolute atomic E-state index is 13.5. The molecule has 1 saturated heterocycles. The molecular weight excluding hydrogens is 409 g/mol. The van der Waals surface area contributed by atoms with E-state index < -0.39 is 55.1 Å². The second-order valence-corrected chi connectivity index (χ2v) is 7.04. The molecule has 8 nitrogen and oxygen atoms in total. The first kappa shape index (κ1) is 22.5. The van der Waals surface area contributed by atoms with Gasteiger partial charge in [-0.15, -0.1) is 5.10 Å². The van der Waals surface area contributed by atoms with E-state index in [1.54, 1.807) is 24.3 Å². The van der Waals surface area contributed by atoms with Gasteiger partial charge in [0.1, 0.15) is 30.1 Å². The van der Waals surface area contributed by atoms with E-state index in [0.717, 1.165) is 12.0 Å². The van der Waals surface area contributed by atoms with Crippen LogP contribution in [-0.4, -0.2) is 67.9 Å². The summed E-state index contributed by atoms with van der Waals surface area (Å²) >= 11 is 0. The number of rotatable bonds is 6. The number of H-pyrrole nitrogens is 1. The summed E-state index contributed by atoms with van der Waals surface area (Å²) in [5.74, 6) is -0.466. The van der Waals surface area contributed by atoms with E-state index in [0.29, 0.717) is 5.56 Å². The number of halogens is 3. The van der Waals surface area contributed by atoms with Gasteiger partial charge in [0.15, 0.2) is 0 Å². The van der Waals surface area contributed by atoms with E-state index in [-0.39, 0.29) is 12.0 Å². The van der Waals surface area contributed by atoms with Crippen LogP contribution in [0.3, 0.4) is 0 Å². The van der Waals surface area contributed by atoms with Gasteiger partial charge in [0.05, 0.1) is 12.2 Å². The number of aromatic nitrogens is 2. The fraction of sp³-hybridized carbons (Fsp3) is 0.526. The number of hydrogen-bond acceptors (Lipinski definition) is 7. The summed E-state index contributed by atoms with van der Waals surface area (Å²) in [4.78, 5) is 0. The quantitative estimate of drug-likeness (QED) is 0.456. The van der Waals surface area contributed by atoms with Crippen molar-refractivity contribution in [3.8, 4) is 5.88 Å². The number of benzene rings is 1. The molecule has 30 heavy (non-hydrogen) atoms. The standard InChI is InChI=1S/C19H23F3N2O6/c1-2-9-3-5-10(6-4-9)7-11-16(19(20,21)22)23-24-17(11)30-18-15(28)14(27)13(26)12(8-25)29-18/h3-6,12-15,18,25-28H,2,7-8H2,1H3,(H,23,24)/t12-,13-,14+,15-,18-/m1/s1. The van der Waals surface area contributed by atoms with E-state index in [9.17, 15) is 33.6 Å². The van der Waals surface area contributed by atoms with Crippen molar-refractivity contribution in [3.63, 3.8) is 0 Å². The second kappa shape index (κ2) is 8.90. The molecule has 1 aliphatic heterocycles. The molecule has 11 heteroatoms. The molecule has 1 aliphatic rings. The van der Waals surface area contributed by atoms with Gasteiger partial charge >= 0.3 is 6.18 Å². The molecule has 2 heterocycles. The summed E-state index contributed by atoms with van der Waals surface area (Å²) in [5.41, 5.74) is 0.197. The van der Waals surface area contributed by atoms with Crippen molar-refractivity contribution < 1.29 is 43.1 Å². The van der Waals surface area contributed by atoms with E-state index in [4.69, 9.17) is 9.47 Å². The van der Waals surface area contributed by atoms with Crippen LogP contribution in [0, 0.1) is 0 Å². The van der Waals surface area contributed by atoms with Gasteiger partial charge in [-0.2, -0.15) is 13.2 Å². The van der Waals surface area contributed by atoms with Gasteiger partial charge in [-0.3, -0.25) is 5.10 Å². The number of ether oxygens (including phenoxy) is 2. The predicted octanol–water partition coefficient (Wildman–Crippen LogP) is 0.760. The molecule has 0 aliphatic carbocycles. The first-order valence-corrected chi connectivity index (χ1v) is 9.35. The number of aliphatic hydroxyl groups excluding tert-OH is 4. The Balaban J connectivity index is 1.89. The maximum atomic E-state index is 13.5. The van der Waals surface area contributed by atoms with Crippen LogP contribution >= 0.6 is 0 Å². The zero-order valence-electron chi connectivity index (χ0n) is 16.0. The maximum Gasteiger partial charge on any atom is 0.433 e. The van der Waals surface area contributed by atoms with Crippen LogP contribution in [0.2, 0.25) is 0 Å². The normalized spacial score (nSPS) is 27.3. The van der Waals surface area contributed by atoms with Crippen molar-refractivity contribution in [1.29, 1.82) is 0 Å². The number of aryl methyl sites for hydroxylation is 1. The number of aliphatic hydroxyl groups is 4. The smallest absolute Gasteiger partial charge is 0.433 e. The van der Waals surface area contributed by atoms with E-state index >= 15 is 0 Å². The number of alkyl halides is 3. The van der Waals surface area contributed by atoms with Crippen molar-refractivity contribution in [1.82, 2.24) is 10.2 Å². The van der Waals surface area contributed by atoms with Gasteiger partial charge < -0.3 is 29.9 Å². The summed E-state index contributed by atoms with van der Waals surface area (Å²) in [6, 6.07) is 7.01. The van der Waals surface area contributed by atoms with Crippen LogP contribution in [-0.2, 0) is 23.8 Å². The molecule has 0 unspecified atom stereocenters. The number of nitrogens with one attached hydrogen (secondary N) is 1. The Morgan fingerprint density at radius 2 is 1.70 bits per heavy atom. The molecule has 1 fully saturated rings. The summed E-state index contributed by atoms with van der Waals surface area (Å²) < 4.78 is 50.9. The SMILES string of the molecule is CCc1ccc(Cc2c(O[C@H]3O[C@H](CO)[C@@H](O)[C@H](O)[C@H]3O)n[nH]c2C(F)(F)F)cc1. The lowest BCUT2D eigenvalue weighted by atomic mass is 9.99. The average Bonchev–Trinajstić information content (AvgIpc) is 3.11. The van der Waals surface area contributed by atoms with Gasteiger partial charge in [-0.25, -0.2) is 0 Å². The predicted molar refractivity (Wildman–Crippen MR) is 96.6 cm³/mol. The third-order valence-corrected chi connectivity index (χ3v) is 5.00. The van der Waals surface area contributed by atoms with Gasteiger partial charge in [0.2, 0.25) is 12.2 Å². The Hall–Kier alpha value is -2.18. The van der Waals surface area contributed by atoms with Crippen LogP contribution in [0.1, 0.15) is 29.3 Å². The molecule has 1 aromatic carbocycles. The first-order valence-electron chi connectivity index (χ1n) is 9.35. The lowest BCUT2D eigenvalue weighted by Gasteiger charge is -2.39. The minimum absolute atomic E-state index is 0.165. The van der Waals surface area contributed by atoms with Crippen molar-refractivity contribution >= 4 is 0 Å². The molecule has 0 radical (unpaired) electrons. The fourth-order valence-corrected chi connectivity index (χ4v) is 3.22. The van der Waals surface area contributed by atoms with Gasteiger partial charge in [0, 0.05) is 6.42 Å². The Kier molecular flexibility index (Phi) is 6.68. The van der Waals surface area contributed by atoms with Crippen LogP contribution in [0.5, 0.6) is 5.88 Å². The lowest BCUT2D eigenvalue weighted by Crippen LogP contribution is -2.60. The summed E-state index contributed by atoms with van der Waals surface area (Å²) in [7, 11) is 0. The van der Waals surface area contributed by atoms with Gasteiger partial charge in [-0.05, 0) is 17.5 Å². The topological polar surface area (TPSA) is 128 Å². The van der Waals surface area contributed by atoms with E-state index in [1.807, 2.05) is 12.0 Å². The molecule has 1 aromatic heterocycles. The highest BCUT2D eigenvalue weighted by Crippen LogP contribution is 2.36. The largest absolute Gasteiger partial charge is 0.443 e. The van der Waals surface area contributed by atoms with E-state index in [2.05, 4.69) is 5.10 Å². The summed E-state index contributed by atoms with van der Waals surface area (Å²) in [5, 5.41) is 44.5. The number of aromatic amines is 1. The average molecular weight is 432 g/mol. The monoisotopic (exact) mass is 432 g/mol. The zero-order chi connectivity index (χ0) is 22.1. The lowest BCUT2D eigenvalue weighted by molar-refractivity contribution is -0.278. The second-order valence-electron chi connectivity index (χ2n) is 7.04. The highest BCUT2D eigenvalue weighted by Gasteiger charge is 2.46. The Labute approximate surface area is 169 Å². The highest BCUT2D eigenvalue weighted by molar-refractivity contribution is 5.38. The highest BCUT2D eigenvalue weighted by atomic mass is 19.4. The molecule has 166 valence electrons. The number of hydrogen-bond donors (Lipinski definition) is 5. The van der Waals surface area contributed by atoms with E-state index in [1.165, 1.54) is 0 Å². The summed E-state index contributed by atoms with van der Waals surface area (Å²) in [6.07, 6.45) is -12.1. The molecule has 5 N–H and O–H groups in total. The van der Waals surface area contributed by atoms with Gasteiger partial charge in [0.25, 0.3) is 0 Å². The third kappa shape index (κ3) is 4.60. The Morgan fingerprint density at radius 3 is 2.27 bits per heavy atom.